The molecule has 0 radical (unpaired) electrons. The van der Waals surface area contributed by atoms with Gasteiger partial charge in [0.05, 0.1) is 18.1 Å². The Morgan fingerprint density at radius 2 is 1.97 bits per heavy atom. The Labute approximate surface area is 226 Å². The monoisotopic (exact) mass is 539 g/mol. The molecule has 1 aromatic carbocycles. The van der Waals surface area contributed by atoms with Crippen LogP contribution < -0.4 is 11.1 Å². The van der Waals surface area contributed by atoms with E-state index < -0.39 is 21.5 Å². The highest BCUT2D eigenvalue weighted by molar-refractivity contribution is 7.89. The van der Waals surface area contributed by atoms with E-state index in [-0.39, 0.29) is 28.5 Å². The summed E-state index contributed by atoms with van der Waals surface area (Å²) in [6, 6.07) is 7.79. The highest BCUT2D eigenvalue weighted by Gasteiger charge is 2.66. The van der Waals surface area contributed by atoms with Crippen molar-refractivity contribution in [2.45, 2.75) is 82.7 Å². The molecule has 1 spiro atoms. The maximum atomic E-state index is 14.0. The number of nitrogens with two attached hydrogens (primary N) is 1. The number of hydrogen-bond donors (Lipinski definition) is 3. The van der Waals surface area contributed by atoms with Gasteiger partial charge in [-0.25, -0.2) is 17.7 Å². The van der Waals surface area contributed by atoms with Gasteiger partial charge < -0.3 is 16.0 Å². The van der Waals surface area contributed by atoms with E-state index in [2.05, 4.69) is 53.4 Å². The second kappa shape index (κ2) is 9.17. The zero-order chi connectivity index (χ0) is 26.8. The lowest BCUT2D eigenvalue weighted by Gasteiger charge is -2.45. The Bertz CT molecular complexity index is 1300. The molecule has 1 saturated heterocycles. The first-order valence-corrected chi connectivity index (χ1v) is 15.8. The summed E-state index contributed by atoms with van der Waals surface area (Å²) >= 11 is 0. The maximum absolute atomic E-state index is 14.0. The van der Waals surface area contributed by atoms with Gasteiger partial charge in [-0.05, 0) is 72.8 Å². The van der Waals surface area contributed by atoms with Crippen LogP contribution in [0.15, 0.2) is 36.8 Å². The van der Waals surface area contributed by atoms with Gasteiger partial charge in [0.15, 0.2) is 0 Å². The molecule has 206 valence electrons. The summed E-state index contributed by atoms with van der Waals surface area (Å²) in [4.78, 5) is 20.1. The topological polar surface area (TPSA) is 121 Å². The Kier molecular flexibility index (Phi) is 6.28. The number of amides is 1. The number of aryl methyl sites for hydroxylation is 1. The van der Waals surface area contributed by atoms with Crippen molar-refractivity contribution in [3.63, 3.8) is 0 Å². The molecule has 1 aliphatic heterocycles. The van der Waals surface area contributed by atoms with E-state index >= 15 is 0 Å². The lowest BCUT2D eigenvalue weighted by atomic mass is 9.69. The zero-order valence-electron chi connectivity index (χ0n) is 22.6. The second-order valence-electron chi connectivity index (χ2n) is 12.9. The molecule has 2 saturated carbocycles. The Morgan fingerprint density at radius 1 is 1.21 bits per heavy atom. The number of piperidine rings is 1. The predicted molar refractivity (Wildman–Crippen MR) is 147 cm³/mol. The average Bonchev–Trinajstić information content (AvgIpc) is 3.62. The lowest BCUT2D eigenvalue weighted by Crippen LogP contribution is -2.57. The number of imidazole rings is 1. The van der Waals surface area contributed by atoms with E-state index in [1.165, 1.54) is 11.1 Å². The number of H-pyrrole nitrogens is 1. The first kappa shape index (κ1) is 26.0. The largest absolute Gasteiger partial charge is 0.351 e. The quantitative estimate of drug-likeness (QED) is 0.500. The molecule has 3 aliphatic carbocycles. The summed E-state index contributed by atoms with van der Waals surface area (Å²) in [6.07, 6.45) is 10.2. The fraction of sp³-hybridized carbons (Fsp3) is 0.655. The maximum Gasteiger partial charge on any atom is 0.237 e. The van der Waals surface area contributed by atoms with Gasteiger partial charge in [0.1, 0.15) is 0 Å². The molecule has 0 unspecified atom stereocenters. The van der Waals surface area contributed by atoms with Crippen LogP contribution in [0, 0.1) is 16.7 Å². The fourth-order valence-electron chi connectivity index (χ4n) is 8.52. The number of carbonyl (C=O) groups excluding carboxylic acids is 1. The third-order valence-corrected chi connectivity index (χ3v) is 13.1. The van der Waals surface area contributed by atoms with E-state index in [0.29, 0.717) is 25.4 Å². The van der Waals surface area contributed by atoms with Gasteiger partial charge in [-0.15, -0.1) is 0 Å². The third-order valence-electron chi connectivity index (χ3n) is 11.1. The number of nitrogens with zero attached hydrogens (tertiary/aromatic N) is 2. The summed E-state index contributed by atoms with van der Waals surface area (Å²) in [6.45, 7) is 5.56. The molecular formula is C29H41N5O3S. The number of carbonyl (C=O) groups is 1. The highest BCUT2D eigenvalue weighted by atomic mass is 32.2. The van der Waals surface area contributed by atoms with Crippen LogP contribution in [0.3, 0.4) is 0 Å². The number of benzene rings is 1. The van der Waals surface area contributed by atoms with Gasteiger partial charge in [-0.1, -0.05) is 38.1 Å². The minimum atomic E-state index is -3.50. The van der Waals surface area contributed by atoms with Gasteiger partial charge in [-0.3, -0.25) is 4.79 Å². The van der Waals surface area contributed by atoms with Crippen LogP contribution in [0.25, 0.3) is 0 Å². The van der Waals surface area contributed by atoms with Crippen molar-refractivity contribution in [1.82, 2.24) is 19.6 Å². The first-order chi connectivity index (χ1) is 18.1. The van der Waals surface area contributed by atoms with E-state index in [9.17, 15) is 13.2 Å². The summed E-state index contributed by atoms with van der Waals surface area (Å²) in [5, 5.41) is 3.21. The molecule has 1 aromatic heterocycles. The fourth-order valence-corrected chi connectivity index (χ4v) is 10.8. The van der Waals surface area contributed by atoms with Crippen molar-refractivity contribution in [2.75, 3.05) is 18.8 Å². The summed E-state index contributed by atoms with van der Waals surface area (Å²) in [5.74, 6) is 0.268. The molecule has 38 heavy (non-hydrogen) atoms. The van der Waals surface area contributed by atoms with Gasteiger partial charge in [0.25, 0.3) is 0 Å². The van der Waals surface area contributed by atoms with Crippen LogP contribution in [0.2, 0.25) is 0 Å². The molecule has 2 aromatic rings. The number of nitrogens with one attached hydrogen (secondary N) is 2. The molecule has 6 rings (SSSR count). The average molecular weight is 540 g/mol. The minimum Gasteiger partial charge on any atom is -0.351 e. The predicted octanol–water partition coefficient (Wildman–Crippen LogP) is 2.90. The molecule has 4 aliphatic rings. The van der Waals surface area contributed by atoms with E-state index in [4.69, 9.17) is 5.73 Å². The van der Waals surface area contributed by atoms with Crippen LogP contribution in [0.5, 0.6) is 0 Å². The number of hydrogen-bond acceptors (Lipinski definition) is 5. The van der Waals surface area contributed by atoms with Crippen molar-refractivity contribution in [1.29, 1.82) is 0 Å². The van der Waals surface area contributed by atoms with Crippen molar-refractivity contribution in [3.8, 4) is 0 Å². The molecule has 9 heteroatoms. The number of sulfonamides is 1. The number of fused-ring (bicyclic) bond motifs is 4. The smallest absolute Gasteiger partial charge is 0.237 e. The zero-order valence-corrected chi connectivity index (χ0v) is 23.4. The minimum absolute atomic E-state index is 0.0911. The molecule has 1 amide bonds. The molecule has 3 fully saturated rings. The molecule has 2 bridgehead atoms. The standard InChI is InChI=1S/C29H41N5O3S/c1-27(2)21-8-10-29(27,25(15-21)33-26(35)24(30)16-22-17-31-19-32-22)18-38(36,37)34-13-11-28(12-14-34)9-7-20-5-3-4-6-23(20)28/h3-6,17,19,21,24-25H,7-16,18,30H2,1-2H3,(H,31,32)(H,33,35)/t21-,24+,25+,29-/m1/s1. The summed E-state index contributed by atoms with van der Waals surface area (Å²) in [7, 11) is -3.50. The number of aromatic nitrogens is 2. The molecule has 8 nitrogen and oxygen atoms in total. The Morgan fingerprint density at radius 3 is 2.68 bits per heavy atom. The van der Waals surface area contributed by atoms with Crippen LogP contribution >= 0.6 is 0 Å². The number of rotatable bonds is 7. The lowest BCUT2D eigenvalue weighted by molar-refractivity contribution is -0.124. The first-order valence-electron chi connectivity index (χ1n) is 14.2. The van der Waals surface area contributed by atoms with E-state index in [0.717, 1.165) is 50.6 Å². The van der Waals surface area contributed by atoms with Gasteiger partial charge in [-0.2, -0.15) is 0 Å². The highest BCUT2D eigenvalue weighted by Crippen LogP contribution is 2.66. The molecule has 4 N–H and O–H groups in total. The Balaban J connectivity index is 1.17. The van der Waals surface area contributed by atoms with Crippen molar-refractivity contribution in [3.05, 3.63) is 53.6 Å². The number of aromatic amines is 1. The molecular weight excluding hydrogens is 498 g/mol. The molecule has 4 atom stereocenters. The summed E-state index contributed by atoms with van der Waals surface area (Å²) < 4.78 is 29.8. The third kappa shape index (κ3) is 4.04. The van der Waals surface area contributed by atoms with Crippen LogP contribution in [-0.4, -0.2) is 59.5 Å². The second-order valence-corrected chi connectivity index (χ2v) is 14.9. The van der Waals surface area contributed by atoms with Gasteiger partial charge >= 0.3 is 0 Å². The van der Waals surface area contributed by atoms with E-state index in [1.54, 1.807) is 16.8 Å². The van der Waals surface area contributed by atoms with Crippen LogP contribution in [-0.2, 0) is 33.1 Å². The van der Waals surface area contributed by atoms with Gasteiger partial charge in [0.2, 0.25) is 15.9 Å². The van der Waals surface area contributed by atoms with Crippen molar-refractivity contribution in [2.24, 2.45) is 22.5 Å². The SMILES string of the molecule is CC1(C)[C@@H]2CC[C@@]1(CS(=O)(=O)N1CCC3(CCc4ccccc43)CC1)[C@@H](NC(=O)[C@@H](N)Cc1cnc[nH]1)C2. The van der Waals surface area contributed by atoms with E-state index in [1.807, 2.05) is 0 Å². The molecule has 2 heterocycles. The van der Waals surface area contributed by atoms with Crippen LogP contribution in [0.4, 0.5) is 0 Å². The summed E-state index contributed by atoms with van der Waals surface area (Å²) in [5.41, 5.74) is 9.37. The van der Waals surface area contributed by atoms with Crippen molar-refractivity contribution >= 4 is 15.9 Å². The van der Waals surface area contributed by atoms with Crippen molar-refractivity contribution < 1.29 is 13.2 Å². The Hall–Kier alpha value is -2.23. The van der Waals surface area contributed by atoms with Crippen LogP contribution in [0.1, 0.15) is 69.2 Å². The normalized spacial score (nSPS) is 30.4. The van der Waals surface area contributed by atoms with Gasteiger partial charge in [0, 0.05) is 42.9 Å².